The molecule has 2 aromatic rings. The zero-order valence-corrected chi connectivity index (χ0v) is 10.5. The van der Waals surface area contributed by atoms with Crippen LogP contribution in [0.15, 0.2) is 18.2 Å². The number of aromatic nitrogens is 4. The van der Waals surface area contributed by atoms with Gasteiger partial charge in [0.2, 0.25) is 0 Å². The molecular weight excluding hydrogens is 240 g/mol. The molecule has 1 heterocycles. The molecule has 0 bridgehead atoms. The first-order valence-corrected chi connectivity index (χ1v) is 6.38. The van der Waals surface area contributed by atoms with Crippen molar-refractivity contribution in [3.05, 3.63) is 29.6 Å². The SMILES string of the molecule is N#Cc1cc(N)ccc1-n1nnnc1C1CCCC1. The van der Waals surface area contributed by atoms with Crippen molar-refractivity contribution >= 4 is 5.69 Å². The van der Waals surface area contributed by atoms with Crippen LogP contribution in [-0.2, 0) is 0 Å². The van der Waals surface area contributed by atoms with E-state index in [2.05, 4.69) is 21.6 Å². The molecule has 1 saturated carbocycles. The third kappa shape index (κ3) is 2.03. The molecule has 1 fully saturated rings. The Bertz CT molecular complexity index is 633. The van der Waals surface area contributed by atoms with Crippen LogP contribution in [0.2, 0.25) is 0 Å². The fourth-order valence-corrected chi connectivity index (χ4v) is 2.63. The Kier molecular flexibility index (Phi) is 2.88. The molecule has 0 unspecified atom stereocenters. The van der Waals surface area contributed by atoms with Crippen molar-refractivity contribution in [1.29, 1.82) is 5.26 Å². The Labute approximate surface area is 110 Å². The van der Waals surface area contributed by atoms with Crippen LogP contribution in [0.4, 0.5) is 5.69 Å². The van der Waals surface area contributed by atoms with E-state index >= 15 is 0 Å². The Morgan fingerprint density at radius 3 is 2.84 bits per heavy atom. The van der Waals surface area contributed by atoms with Crippen LogP contribution in [0, 0.1) is 11.3 Å². The van der Waals surface area contributed by atoms with E-state index in [1.165, 1.54) is 12.8 Å². The first kappa shape index (κ1) is 11.7. The summed E-state index contributed by atoms with van der Waals surface area (Å²) in [5.74, 6) is 1.23. The number of tetrazole rings is 1. The van der Waals surface area contributed by atoms with Crippen molar-refractivity contribution in [2.45, 2.75) is 31.6 Å². The van der Waals surface area contributed by atoms with Crippen LogP contribution in [0.3, 0.4) is 0 Å². The molecule has 6 nitrogen and oxygen atoms in total. The Morgan fingerprint density at radius 1 is 1.32 bits per heavy atom. The predicted molar refractivity (Wildman–Crippen MR) is 69.5 cm³/mol. The van der Waals surface area contributed by atoms with Gasteiger partial charge in [0.15, 0.2) is 5.82 Å². The Hall–Kier alpha value is -2.42. The van der Waals surface area contributed by atoms with Crippen molar-refractivity contribution in [2.24, 2.45) is 0 Å². The molecule has 0 amide bonds. The molecular formula is C13H14N6. The molecule has 0 radical (unpaired) electrons. The fourth-order valence-electron chi connectivity index (χ4n) is 2.63. The van der Waals surface area contributed by atoms with E-state index in [1.54, 1.807) is 22.9 Å². The monoisotopic (exact) mass is 254 g/mol. The van der Waals surface area contributed by atoms with Gasteiger partial charge >= 0.3 is 0 Å². The number of hydrogen-bond donors (Lipinski definition) is 1. The van der Waals surface area contributed by atoms with Gasteiger partial charge in [-0.25, -0.2) is 0 Å². The molecule has 1 aliphatic carbocycles. The standard InChI is InChI=1S/C13H14N6/c14-8-10-7-11(15)5-6-12(10)19-13(16-17-18-19)9-3-1-2-4-9/h5-7,9H,1-4,15H2. The maximum atomic E-state index is 9.21. The van der Waals surface area contributed by atoms with Gasteiger partial charge < -0.3 is 5.73 Å². The maximum Gasteiger partial charge on any atom is 0.159 e. The van der Waals surface area contributed by atoms with Crippen LogP contribution in [0.25, 0.3) is 5.69 Å². The minimum atomic E-state index is 0.388. The minimum Gasteiger partial charge on any atom is -0.399 e. The molecule has 0 aliphatic heterocycles. The normalized spacial score (nSPS) is 15.5. The second-order valence-corrected chi connectivity index (χ2v) is 4.82. The Morgan fingerprint density at radius 2 is 2.11 bits per heavy atom. The lowest BCUT2D eigenvalue weighted by atomic mass is 10.1. The second-order valence-electron chi connectivity index (χ2n) is 4.82. The molecule has 1 aliphatic rings. The van der Waals surface area contributed by atoms with E-state index in [9.17, 15) is 5.26 Å². The van der Waals surface area contributed by atoms with Crippen molar-refractivity contribution in [1.82, 2.24) is 20.2 Å². The van der Waals surface area contributed by atoms with Crippen molar-refractivity contribution < 1.29 is 0 Å². The quantitative estimate of drug-likeness (QED) is 0.824. The number of hydrogen-bond acceptors (Lipinski definition) is 5. The summed E-state index contributed by atoms with van der Waals surface area (Å²) in [5.41, 5.74) is 7.46. The van der Waals surface area contributed by atoms with Crippen molar-refractivity contribution in [3.8, 4) is 11.8 Å². The fraction of sp³-hybridized carbons (Fsp3) is 0.385. The van der Waals surface area contributed by atoms with Crippen LogP contribution in [-0.4, -0.2) is 20.2 Å². The summed E-state index contributed by atoms with van der Waals surface area (Å²) in [6, 6.07) is 7.35. The minimum absolute atomic E-state index is 0.388. The van der Waals surface area contributed by atoms with E-state index in [0.717, 1.165) is 18.7 Å². The summed E-state index contributed by atoms with van der Waals surface area (Å²) in [5, 5.41) is 21.1. The molecule has 6 heteroatoms. The largest absolute Gasteiger partial charge is 0.399 e. The highest BCUT2D eigenvalue weighted by Crippen LogP contribution is 2.33. The topological polar surface area (TPSA) is 93.4 Å². The lowest BCUT2D eigenvalue weighted by Crippen LogP contribution is -2.08. The number of rotatable bonds is 2. The summed E-state index contributed by atoms with van der Waals surface area (Å²) < 4.78 is 1.67. The smallest absolute Gasteiger partial charge is 0.159 e. The average molecular weight is 254 g/mol. The summed E-state index contributed by atoms with van der Waals surface area (Å²) in [6.07, 6.45) is 4.64. The van der Waals surface area contributed by atoms with E-state index in [4.69, 9.17) is 5.73 Å². The molecule has 0 spiro atoms. The average Bonchev–Trinajstić information content (AvgIpc) is 3.08. The van der Waals surface area contributed by atoms with Crippen molar-refractivity contribution in [3.63, 3.8) is 0 Å². The molecule has 0 saturated heterocycles. The summed E-state index contributed by atoms with van der Waals surface area (Å²) >= 11 is 0. The zero-order valence-electron chi connectivity index (χ0n) is 10.5. The first-order valence-electron chi connectivity index (χ1n) is 6.38. The second kappa shape index (κ2) is 4.69. The highest BCUT2D eigenvalue weighted by atomic mass is 15.5. The molecule has 1 aromatic carbocycles. The van der Waals surface area contributed by atoms with Gasteiger partial charge in [-0.2, -0.15) is 9.94 Å². The molecule has 0 atom stereocenters. The van der Waals surface area contributed by atoms with E-state index in [0.29, 0.717) is 22.9 Å². The van der Waals surface area contributed by atoms with Crippen LogP contribution < -0.4 is 5.73 Å². The molecule has 1 aromatic heterocycles. The van der Waals surface area contributed by atoms with Gasteiger partial charge in [-0.3, -0.25) is 0 Å². The van der Waals surface area contributed by atoms with Gasteiger partial charge in [0, 0.05) is 11.6 Å². The van der Waals surface area contributed by atoms with Gasteiger partial charge in [-0.05, 0) is 41.5 Å². The highest BCUT2D eigenvalue weighted by Gasteiger charge is 2.24. The van der Waals surface area contributed by atoms with Crippen molar-refractivity contribution in [2.75, 3.05) is 5.73 Å². The van der Waals surface area contributed by atoms with E-state index in [1.807, 2.05) is 0 Å². The third-order valence-corrected chi connectivity index (χ3v) is 3.58. The zero-order chi connectivity index (χ0) is 13.2. The predicted octanol–water partition coefficient (Wildman–Crippen LogP) is 1.77. The van der Waals surface area contributed by atoms with Crippen LogP contribution in [0.5, 0.6) is 0 Å². The molecule has 3 rings (SSSR count). The number of nitrogen functional groups attached to an aromatic ring is 1. The molecule has 96 valence electrons. The van der Waals surface area contributed by atoms with Crippen LogP contribution >= 0.6 is 0 Å². The summed E-state index contributed by atoms with van der Waals surface area (Å²) in [6.45, 7) is 0. The third-order valence-electron chi connectivity index (χ3n) is 3.58. The number of nitrogens with two attached hydrogens (primary N) is 1. The number of benzene rings is 1. The molecule has 19 heavy (non-hydrogen) atoms. The maximum absolute atomic E-state index is 9.21. The van der Waals surface area contributed by atoms with Crippen LogP contribution in [0.1, 0.15) is 43.0 Å². The van der Waals surface area contributed by atoms with Gasteiger partial charge in [-0.15, -0.1) is 5.10 Å². The van der Waals surface area contributed by atoms with Gasteiger partial charge in [0.1, 0.15) is 6.07 Å². The van der Waals surface area contributed by atoms with E-state index < -0.39 is 0 Å². The number of nitrogens with zero attached hydrogens (tertiary/aromatic N) is 5. The summed E-state index contributed by atoms with van der Waals surface area (Å²) in [7, 11) is 0. The Balaban J connectivity index is 2.08. The first-order chi connectivity index (χ1) is 9.29. The summed E-state index contributed by atoms with van der Waals surface area (Å²) in [4.78, 5) is 0. The van der Waals surface area contributed by atoms with E-state index in [-0.39, 0.29) is 0 Å². The number of nitriles is 1. The molecule has 2 N–H and O–H groups in total. The van der Waals surface area contributed by atoms with Gasteiger partial charge in [0.25, 0.3) is 0 Å². The van der Waals surface area contributed by atoms with Gasteiger partial charge in [-0.1, -0.05) is 12.8 Å². The van der Waals surface area contributed by atoms with Gasteiger partial charge in [0.05, 0.1) is 11.3 Å². The lowest BCUT2D eigenvalue weighted by Gasteiger charge is -2.10. The highest BCUT2D eigenvalue weighted by molar-refractivity contribution is 5.56. The number of anilines is 1. The lowest BCUT2D eigenvalue weighted by molar-refractivity contribution is 0.636.